The van der Waals surface area contributed by atoms with Gasteiger partial charge in [-0.05, 0) is 18.4 Å². The van der Waals surface area contributed by atoms with Gasteiger partial charge in [-0.25, -0.2) is 0 Å². The van der Waals surface area contributed by atoms with E-state index in [0.29, 0.717) is 45.3 Å². The van der Waals surface area contributed by atoms with Gasteiger partial charge in [0.25, 0.3) is 0 Å². The predicted molar refractivity (Wildman–Crippen MR) is 114 cm³/mol. The maximum Gasteiger partial charge on any atom is 0.239 e. The summed E-state index contributed by atoms with van der Waals surface area (Å²) in [6.07, 6.45) is 0.969. The number of rotatable bonds is 6. The van der Waals surface area contributed by atoms with Crippen molar-refractivity contribution in [3.63, 3.8) is 0 Å². The molecule has 3 unspecified atom stereocenters. The Morgan fingerprint density at radius 2 is 1.48 bits per heavy atom. The van der Waals surface area contributed by atoms with Crippen LogP contribution >= 0.6 is 0 Å². The average molecular weight is 402 g/mol. The van der Waals surface area contributed by atoms with Gasteiger partial charge in [-0.2, -0.15) is 0 Å². The van der Waals surface area contributed by atoms with Gasteiger partial charge >= 0.3 is 0 Å². The van der Waals surface area contributed by atoms with E-state index in [1.165, 1.54) is 0 Å². The third kappa shape index (κ3) is 5.17. The standard InChI is InChI=1S/C23H35N3O3/c1-4-18(2)21(20-8-6-5-7-9-20)23(28)25-12-10-24(11-13-25)19(3)22(27)26-14-16-29-17-15-26/h5-9,18-19,21H,4,10-17H2,1-3H3. The summed E-state index contributed by atoms with van der Waals surface area (Å²) in [7, 11) is 0. The minimum atomic E-state index is -0.148. The molecule has 1 aromatic carbocycles. The van der Waals surface area contributed by atoms with E-state index in [4.69, 9.17) is 4.74 Å². The van der Waals surface area contributed by atoms with Crippen molar-refractivity contribution in [1.29, 1.82) is 0 Å². The Morgan fingerprint density at radius 3 is 2.07 bits per heavy atom. The van der Waals surface area contributed by atoms with Crippen LogP contribution in [0.15, 0.2) is 30.3 Å². The molecule has 0 saturated carbocycles. The van der Waals surface area contributed by atoms with Gasteiger partial charge in [0.15, 0.2) is 0 Å². The summed E-state index contributed by atoms with van der Waals surface area (Å²) in [6.45, 7) is 11.7. The smallest absolute Gasteiger partial charge is 0.239 e. The molecule has 3 rings (SSSR count). The first-order valence-corrected chi connectivity index (χ1v) is 11.0. The number of carbonyl (C=O) groups is 2. The molecule has 6 heteroatoms. The first-order chi connectivity index (χ1) is 14.0. The van der Waals surface area contributed by atoms with E-state index >= 15 is 0 Å². The zero-order valence-electron chi connectivity index (χ0n) is 18.0. The van der Waals surface area contributed by atoms with Crippen LogP contribution in [0.4, 0.5) is 0 Å². The van der Waals surface area contributed by atoms with Gasteiger partial charge in [0.05, 0.1) is 25.2 Å². The zero-order chi connectivity index (χ0) is 20.8. The largest absolute Gasteiger partial charge is 0.378 e. The van der Waals surface area contributed by atoms with Crippen LogP contribution in [0.25, 0.3) is 0 Å². The van der Waals surface area contributed by atoms with E-state index in [1.54, 1.807) is 0 Å². The number of carbonyl (C=O) groups excluding carboxylic acids is 2. The molecular weight excluding hydrogens is 366 g/mol. The molecule has 3 atom stereocenters. The highest BCUT2D eigenvalue weighted by atomic mass is 16.5. The van der Waals surface area contributed by atoms with Crippen LogP contribution in [-0.4, -0.2) is 85.0 Å². The normalized spacial score (nSPS) is 21.5. The Hall–Kier alpha value is -1.92. The molecule has 2 amide bonds. The SMILES string of the molecule is CCC(C)C(C(=O)N1CCN(C(C)C(=O)N2CCOCC2)CC1)c1ccccc1. The quantitative estimate of drug-likeness (QED) is 0.733. The average Bonchev–Trinajstić information content (AvgIpc) is 2.79. The fourth-order valence-corrected chi connectivity index (χ4v) is 4.34. The first-order valence-electron chi connectivity index (χ1n) is 11.0. The summed E-state index contributed by atoms with van der Waals surface area (Å²) in [6, 6.07) is 9.99. The van der Waals surface area contributed by atoms with Crippen LogP contribution < -0.4 is 0 Å². The lowest BCUT2D eigenvalue weighted by Crippen LogP contribution is -2.57. The van der Waals surface area contributed by atoms with Crippen molar-refractivity contribution in [2.24, 2.45) is 5.92 Å². The van der Waals surface area contributed by atoms with Gasteiger partial charge < -0.3 is 14.5 Å². The second-order valence-corrected chi connectivity index (χ2v) is 8.25. The van der Waals surface area contributed by atoms with E-state index in [-0.39, 0.29) is 23.8 Å². The van der Waals surface area contributed by atoms with E-state index in [1.807, 2.05) is 34.9 Å². The molecule has 0 spiro atoms. The molecule has 2 fully saturated rings. The summed E-state index contributed by atoms with van der Waals surface area (Å²) in [5.74, 6) is 0.595. The predicted octanol–water partition coefficient (Wildman–Crippen LogP) is 2.21. The van der Waals surface area contributed by atoms with Gasteiger partial charge in [-0.1, -0.05) is 50.6 Å². The topological polar surface area (TPSA) is 53.1 Å². The fraction of sp³-hybridized carbons (Fsp3) is 0.652. The maximum atomic E-state index is 13.4. The van der Waals surface area contributed by atoms with Crippen LogP contribution in [0, 0.1) is 5.92 Å². The monoisotopic (exact) mass is 401 g/mol. The summed E-state index contributed by atoms with van der Waals surface area (Å²) >= 11 is 0. The molecule has 0 aliphatic carbocycles. The molecule has 29 heavy (non-hydrogen) atoms. The molecule has 160 valence electrons. The Bertz CT molecular complexity index is 667. The van der Waals surface area contributed by atoms with Crippen molar-refractivity contribution in [3.05, 3.63) is 35.9 Å². The zero-order valence-corrected chi connectivity index (χ0v) is 18.0. The molecule has 0 bridgehead atoms. The Balaban J connectivity index is 1.60. The Labute approximate surface area is 174 Å². The highest BCUT2D eigenvalue weighted by Crippen LogP contribution is 2.29. The van der Waals surface area contributed by atoms with Crippen LogP contribution in [0.1, 0.15) is 38.7 Å². The molecule has 1 aromatic rings. The second kappa shape index (κ2) is 10.2. The molecule has 6 nitrogen and oxygen atoms in total. The lowest BCUT2D eigenvalue weighted by molar-refractivity contribution is -0.142. The van der Waals surface area contributed by atoms with Crippen molar-refractivity contribution in [2.75, 3.05) is 52.5 Å². The highest BCUT2D eigenvalue weighted by molar-refractivity contribution is 5.84. The summed E-state index contributed by atoms with van der Waals surface area (Å²) < 4.78 is 5.35. The van der Waals surface area contributed by atoms with E-state index < -0.39 is 0 Å². The van der Waals surface area contributed by atoms with E-state index in [0.717, 1.165) is 25.1 Å². The van der Waals surface area contributed by atoms with Crippen molar-refractivity contribution in [3.8, 4) is 0 Å². The van der Waals surface area contributed by atoms with Crippen molar-refractivity contribution in [2.45, 2.75) is 39.2 Å². The Morgan fingerprint density at radius 1 is 0.897 bits per heavy atom. The lowest BCUT2D eigenvalue weighted by atomic mass is 9.84. The minimum Gasteiger partial charge on any atom is -0.378 e. The van der Waals surface area contributed by atoms with Gasteiger partial charge in [-0.3, -0.25) is 14.5 Å². The van der Waals surface area contributed by atoms with Gasteiger partial charge in [0, 0.05) is 39.3 Å². The number of hydrogen-bond acceptors (Lipinski definition) is 4. The second-order valence-electron chi connectivity index (χ2n) is 8.25. The molecule has 2 heterocycles. The number of ether oxygens (including phenoxy) is 1. The fourth-order valence-electron chi connectivity index (χ4n) is 4.34. The van der Waals surface area contributed by atoms with Crippen LogP contribution in [-0.2, 0) is 14.3 Å². The number of amides is 2. The summed E-state index contributed by atoms with van der Waals surface area (Å²) in [4.78, 5) is 32.3. The number of benzene rings is 1. The van der Waals surface area contributed by atoms with Crippen LogP contribution in [0.2, 0.25) is 0 Å². The molecular formula is C23H35N3O3. The summed E-state index contributed by atoms with van der Waals surface area (Å²) in [5, 5.41) is 0. The van der Waals surface area contributed by atoms with Crippen LogP contribution in [0.5, 0.6) is 0 Å². The number of piperazine rings is 1. The maximum absolute atomic E-state index is 13.4. The van der Waals surface area contributed by atoms with Crippen molar-refractivity contribution < 1.29 is 14.3 Å². The Kier molecular flexibility index (Phi) is 7.67. The minimum absolute atomic E-state index is 0.0971. The number of nitrogens with zero attached hydrogens (tertiary/aromatic N) is 3. The third-order valence-electron chi connectivity index (χ3n) is 6.49. The van der Waals surface area contributed by atoms with Gasteiger partial charge in [0.2, 0.25) is 11.8 Å². The van der Waals surface area contributed by atoms with E-state index in [2.05, 4.69) is 30.9 Å². The number of morpholine rings is 1. The third-order valence-corrected chi connectivity index (χ3v) is 6.49. The summed E-state index contributed by atoms with van der Waals surface area (Å²) in [5.41, 5.74) is 1.10. The van der Waals surface area contributed by atoms with Gasteiger partial charge in [-0.15, -0.1) is 0 Å². The van der Waals surface area contributed by atoms with Crippen molar-refractivity contribution in [1.82, 2.24) is 14.7 Å². The molecule has 2 saturated heterocycles. The number of hydrogen-bond donors (Lipinski definition) is 0. The molecule has 0 N–H and O–H groups in total. The van der Waals surface area contributed by atoms with Gasteiger partial charge in [0.1, 0.15) is 0 Å². The highest BCUT2D eigenvalue weighted by Gasteiger charge is 2.34. The van der Waals surface area contributed by atoms with Crippen LogP contribution in [0.3, 0.4) is 0 Å². The first kappa shape index (κ1) is 21.8. The molecule has 0 aromatic heterocycles. The lowest BCUT2D eigenvalue weighted by Gasteiger charge is -2.41. The molecule has 0 radical (unpaired) electrons. The molecule has 2 aliphatic heterocycles. The van der Waals surface area contributed by atoms with E-state index in [9.17, 15) is 9.59 Å². The van der Waals surface area contributed by atoms with Crippen molar-refractivity contribution >= 4 is 11.8 Å². The molecule has 2 aliphatic rings.